The van der Waals surface area contributed by atoms with Crippen LogP contribution in [0.2, 0.25) is 5.02 Å². The average molecular weight is 474 g/mol. The van der Waals surface area contributed by atoms with Crippen LogP contribution in [0.25, 0.3) is 11.0 Å². The molecule has 0 fully saturated rings. The summed E-state index contributed by atoms with van der Waals surface area (Å²) in [7, 11) is 1.78. The van der Waals surface area contributed by atoms with Crippen LogP contribution in [0, 0.1) is 5.82 Å². The maximum atomic E-state index is 13.3. The Morgan fingerprint density at radius 2 is 2.03 bits per heavy atom. The van der Waals surface area contributed by atoms with Crippen molar-refractivity contribution in [1.82, 2.24) is 19.9 Å². The molecular weight excluding hydrogens is 457 g/mol. The summed E-state index contributed by atoms with van der Waals surface area (Å²) in [6, 6.07) is 7.56. The van der Waals surface area contributed by atoms with E-state index in [0.29, 0.717) is 28.8 Å². The Hall–Kier alpha value is -3.50. The lowest BCUT2D eigenvalue weighted by Crippen LogP contribution is -2.24. The summed E-state index contributed by atoms with van der Waals surface area (Å²) >= 11 is 6.98. The standard InChI is InChI=1S/C21H17ClFN5O3S/c1-28-9-15(24-8-12-3-5-16(32-12)21(30)31)17-19(28)18(27-10-26-17)20(29)25-7-11-2-4-14(23)13(22)6-11/h2-6,9-10,24H,7-8H2,1H3,(H,25,29)(H,30,31). The molecule has 0 atom stereocenters. The quantitative estimate of drug-likeness (QED) is 0.373. The van der Waals surface area contributed by atoms with E-state index < -0.39 is 17.7 Å². The molecule has 8 nitrogen and oxygen atoms in total. The molecule has 4 rings (SSSR count). The molecule has 32 heavy (non-hydrogen) atoms. The number of aryl methyl sites for hydroxylation is 1. The highest BCUT2D eigenvalue weighted by Crippen LogP contribution is 2.26. The van der Waals surface area contributed by atoms with E-state index in [0.717, 1.165) is 4.88 Å². The fourth-order valence-corrected chi connectivity index (χ4v) is 4.20. The van der Waals surface area contributed by atoms with Gasteiger partial charge in [0, 0.05) is 31.2 Å². The van der Waals surface area contributed by atoms with Gasteiger partial charge in [0.15, 0.2) is 5.69 Å². The van der Waals surface area contributed by atoms with Crippen molar-refractivity contribution in [2.45, 2.75) is 13.1 Å². The molecule has 0 unspecified atom stereocenters. The van der Waals surface area contributed by atoms with Crippen LogP contribution in [0.5, 0.6) is 0 Å². The topological polar surface area (TPSA) is 109 Å². The molecule has 0 aliphatic carbocycles. The molecule has 3 aromatic heterocycles. The Labute approximate surface area is 190 Å². The third kappa shape index (κ3) is 4.41. The highest BCUT2D eigenvalue weighted by molar-refractivity contribution is 7.13. The monoisotopic (exact) mass is 473 g/mol. The SMILES string of the molecule is Cn1cc(NCc2ccc(C(=O)O)s2)c2ncnc(C(=O)NCc3ccc(F)c(Cl)c3)c21. The molecule has 4 aromatic rings. The number of benzene rings is 1. The summed E-state index contributed by atoms with van der Waals surface area (Å²) < 4.78 is 15.1. The van der Waals surface area contributed by atoms with Crippen LogP contribution in [-0.4, -0.2) is 31.5 Å². The Balaban J connectivity index is 1.52. The van der Waals surface area contributed by atoms with Gasteiger partial charge in [-0.2, -0.15) is 0 Å². The van der Waals surface area contributed by atoms with Gasteiger partial charge < -0.3 is 20.3 Å². The fourth-order valence-electron chi connectivity index (χ4n) is 3.21. The smallest absolute Gasteiger partial charge is 0.345 e. The number of carbonyl (C=O) groups is 2. The lowest BCUT2D eigenvalue weighted by Gasteiger charge is -2.08. The molecule has 1 aromatic carbocycles. The number of nitrogens with one attached hydrogen (secondary N) is 2. The van der Waals surface area contributed by atoms with Gasteiger partial charge in [0.25, 0.3) is 5.91 Å². The summed E-state index contributed by atoms with van der Waals surface area (Å²) in [4.78, 5) is 33.4. The van der Waals surface area contributed by atoms with Crippen LogP contribution in [-0.2, 0) is 20.1 Å². The molecule has 0 saturated carbocycles. The van der Waals surface area contributed by atoms with Gasteiger partial charge in [-0.1, -0.05) is 17.7 Å². The number of halogens is 2. The minimum atomic E-state index is -0.960. The Morgan fingerprint density at radius 3 is 2.75 bits per heavy atom. The van der Waals surface area contributed by atoms with E-state index >= 15 is 0 Å². The number of hydrogen-bond donors (Lipinski definition) is 3. The third-order valence-corrected chi connectivity index (χ3v) is 6.09. The first-order chi connectivity index (χ1) is 15.3. The Bertz CT molecular complexity index is 1340. The van der Waals surface area contributed by atoms with Crippen LogP contribution in [0.1, 0.15) is 30.6 Å². The predicted molar refractivity (Wildman–Crippen MR) is 120 cm³/mol. The molecule has 1 amide bonds. The van der Waals surface area contributed by atoms with Gasteiger partial charge in [0.2, 0.25) is 0 Å². The third-order valence-electron chi connectivity index (χ3n) is 4.73. The zero-order valence-electron chi connectivity index (χ0n) is 16.7. The number of aromatic nitrogens is 3. The number of anilines is 1. The predicted octanol–water partition coefficient (Wildman–Crippen LogP) is 4.06. The normalized spacial score (nSPS) is 11.0. The number of carbonyl (C=O) groups excluding carboxylic acids is 1. The van der Waals surface area contributed by atoms with E-state index in [1.807, 2.05) is 0 Å². The summed E-state index contributed by atoms with van der Waals surface area (Å²) in [6.07, 6.45) is 3.10. The molecule has 0 saturated heterocycles. The van der Waals surface area contributed by atoms with Crippen LogP contribution < -0.4 is 10.6 Å². The lowest BCUT2D eigenvalue weighted by atomic mass is 10.2. The van der Waals surface area contributed by atoms with E-state index in [2.05, 4.69) is 20.6 Å². The van der Waals surface area contributed by atoms with E-state index in [1.54, 1.807) is 36.0 Å². The van der Waals surface area contributed by atoms with Crippen molar-refractivity contribution in [2.75, 3.05) is 5.32 Å². The van der Waals surface area contributed by atoms with Gasteiger partial charge in [-0.05, 0) is 29.8 Å². The van der Waals surface area contributed by atoms with Gasteiger partial charge in [0.05, 0.1) is 10.7 Å². The first-order valence-electron chi connectivity index (χ1n) is 9.41. The van der Waals surface area contributed by atoms with Crippen molar-refractivity contribution in [1.29, 1.82) is 0 Å². The van der Waals surface area contributed by atoms with E-state index in [-0.39, 0.29) is 22.1 Å². The molecule has 0 radical (unpaired) electrons. The number of thiophene rings is 1. The number of aromatic carboxylic acids is 1. The molecule has 0 bridgehead atoms. The van der Waals surface area contributed by atoms with Gasteiger partial charge in [0.1, 0.15) is 28.1 Å². The van der Waals surface area contributed by atoms with Crippen LogP contribution in [0.3, 0.4) is 0 Å². The zero-order valence-corrected chi connectivity index (χ0v) is 18.3. The van der Waals surface area contributed by atoms with E-state index in [1.165, 1.54) is 29.8 Å². The van der Waals surface area contributed by atoms with Gasteiger partial charge >= 0.3 is 5.97 Å². The molecule has 3 N–H and O–H groups in total. The first kappa shape index (κ1) is 21.7. The number of carboxylic acid groups (broad SMARTS) is 1. The highest BCUT2D eigenvalue weighted by atomic mass is 35.5. The molecule has 164 valence electrons. The molecule has 3 heterocycles. The fraction of sp³-hybridized carbons (Fsp3) is 0.143. The summed E-state index contributed by atoms with van der Waals surface area (Å²) in [5, 5.41) is 15.0. The first-order valence-corrected chi connectivity index (χ1v) is 10.6. The average Bonchev–Trinajstić information content (AvgIpc) is 3.38. The minimum absolute atomic E-state index is 0.0134. The van der Waals surface area contributed by atoms with Crippen LogP contribution in [0.15, 0.2) is 42.9 Å². The van der Waals surface area contributed by atoms with Gasteiger partial charge in [-0.3, -0.25) is 4.79 Å². The summed E-state index contributed by atoms with van der Waals surface area (Å²) in [5.41, 5.74) is 2.65. The van der Waals surface area contributed by atoms with Crippen molar-refractivity contribution in [3.8, 4) is 0 Å². The van der Waals surface area contributed by atoms with Crippen molar-refractivity contribution >= 4 is 51.5 Å². The van der Waals surface area contributed by atoms with Gasteiger partial charge in [-0.15, -0.1) is 11.3 Å². The van der Waals surface area contributed by atoms with Crippen molar-refractivity contribution < 1.29 is 19.1 Å². The van der Waals surface area contributed by atoms with Gasteiger partial charge in [-0.25, -0.2) is 19.2 Å². The molecule has 0 spiro atoms. The number of carboxylic acids is 1. The lowest BCUT2D eigenvalue weighted by molar-refractivity contribution is 0.0702. The van der Waals surface area contributed by atoms with Crippen molar-refractivity contribution in [3.63, 3.8) is 0 Å². The second-order valence-corrected chi connectivity index (χ2v) is 8.50. The maximum absolute atomic E-state index is 13.3. The van der Waals surface area contributed by atoms with Crippen LogP contribution >= 0.6 is 22.9 Å². The Morgan fingerprint density at radius 1 is 1.22 bits per heavy atom. The van der Waals surface area contributed by atoms with Crippen molar-refractivity contribution in [2.24, 2.45) is 7.05 Å². The number of amides is 1. The number of nitrogens with zero attached hydrogens (tertiary/aromatic N) is 3. The molecule has 11 heteroatoms. The van der Waals surface area contributed by atoms with E-state index in [4.69, 9.17) is 16.7 Å². The molecular formula is C21H17ClFN5O3S. The second kappa shape index (κ2) is 8.93. The number of hydrogen-bond acceptors (Lipinski definition) is 6. The molecule has 0 aliphatic rings. The second-order valence-electron chi connectivity index (χ2n) is 6.93. The zero-order chi connectivity index (χ0) is 22.8. The van der Waals surface area contributed by atoms with Crippen LogP contribution in [0.4, 0.5) is 10.1 Å². The number of rotatable bonds is 7. The number of fused-ring (bicyclic) bond motifs is 1. The minimum Gasteiger partial charge on any atom is -0.477 e. The largest absolute Gasteiger partial charge is 0.477 e. The summed E-state index contributed by atoms with van der Waals surface area (Å²) in [5.74, 6) is -1.89. The Kier molecular flexibility index (Phi) is 6.06. The molecule has 0 aliphatic heterocycles. The summed E-state index contributed by atoms with van der Waals surface area (Å²) in [6.45, 7) is 0.568. The van der Waals surface area contributed by atoms with Crippen molar-refractivity contribution in [3.05, 3.63) is 74.7 Å². The van der Waals surface area contributed by atoms with E-state index in [9.17, 15) is 14.0 Å². The highest BCUT2D eigenvalue weighted by Gasteiger charge is 2.18. The maximum Gasteiger partial charge on any atom is 0.345 e.